The Balaban J connectivity index is 1.77. The summed E-state index contributed by atoms with van der Waals surface area (Å²) in [6.07, 6.45) is 1.11. The number of carbonyl (C=O) groups excluding carboxylic acids is 1. The van der Waals surface area contributed by atoms with Crippen LogP contribution in [0.4, 0.5) is 14.9 Å². The first-order chi connectivity index (χ1) is 9.73. The zero-order valence-electron chi connectivity index (χ0n) is 12.4. The van der Waals surface area contributed by atoms with Crippen molar-refractivity contribution in [3.8, 4) is 0 Å². The smallest absolute Gasteiger partial charge is 0.407 e. The second-order valence-electron chi connectivity index (χ2n) is 6.28. The van der Waals surface area contributed by atoms with E-state index in [9.17, 15) is 9.18 Å². The van der Waals surface area contributed by atoms with Crippen molar-refractivity contribution < 1.29 is 13.9 Å². The Morgan fingerprint density at radius 1 is 1.33 bits per heavy atom. The maximum absolute atomic E-state index is 13.6. The lowest BCUT2D eigenvalue weighted by atomic mass is 9.86. The molecule has 0 aromatic heterocycles. The van der Waals surface area contributed by atoms with Gasteiger partial charge in [0.1, 0.15) is 11.4 Å². The number of amides is 1. The van der Waals surface area contributed by atoms with E-state index in [0.29, 0.717) is 5.69 Å². The Hall–Kier alpha value is -1.30. The largest absolute Gasteiger partial charge is 0.444 e. The molecule has 1 saturated carbocycles. The number of benzene rings is 1. The highest BCUT2D eigenvalue weighted by Crippen LogP contribution is 2.27. The van der Waals surface area contributed by atoms with Gasteiger partial charge in [-0.25, -0.2) is 9.18 Å². The Morgan fingerprint density at radius 2 is 2.00 bits per heavy atom. The standard InChI is InChI=1S/C15H20BrFN2O2/c1-15(2,3)21-14(20)19-11-7-10(8-11)18-13-6-9(16)4-5-12(13)17/h4-6,10-11,18H,7-8H2,1-3H3,(H,19,20). The fourth-order valence-corrected chi connectivity index (χ4v) is 2.52. The molecule has 1 aromatic carbocycles. The third kappa shape index (κ3) is 4.88. The summed E-state index contributed by atoms with van der Waals surface area (Å²) in [6.45, 7) is 5.48. The number of rotatable bonds is 3. The van der Waals surface area contributed by atoms with Gasteiger partial charge in [-0.05, 0) is 51.8 Å². The minimum Gasteiger partial charge on any atom is -0.444 e. The maximum Gasteiger partial charge on any atom is 0.407 e. The molecule has 2 N–H and O–H groups in total. The van der Waals surface area contributed by atoms with Gasteiger partial charge in [-0.15, -0.1) is 0 Å². The molecule has 0 radical (unpaired) electrons. The van der Waals surface area contributed by atoms with Gasteiger partial charge in [-0.1, -0.05) is 15.9 Å². The molecule has 1 aromatic rings. The molecule has 1 aliphatic rings. The van der Waals surface area contributed by atoms with Crippen LogP contribution in [0.1, 0.15) is 33.6 Å². The van der Waals surface area contributed by atoms with Gasteiger partial charge < -0.3 is 15.4 Å². The number of carbonyl (C=O) groups is 1. The lowest BCUT2D eigenvalue weighted by Gasteiger charge is -2.37. The molecule has 1 fully saturated rings. The van der Waals surface area contributed by atoms with Gasteiger partial charge in [0, 0.05) is 16.6 Å². The summed E-state index contributed by atoms with van der Waals surface area (Å²) >= 11 is 3.32. The lowest BCUT2D eigenvalue weighted by Crippen LogP contribution is -2.50. The van der Waals surface area contributed by atoms with Crippen LogP contribution in [0, 0.1) is 5.82 Å². The van der Waals surface area contributed by atoms with E-state index in [-0.39, 0.29) is 17.9 Å². The first kappa shape index (κ1) is 16.1. The highest BCUT2D eigenvalue weighted by atomic mass is 79.9. The van der Waals surface area contributed by atoms with Gasteiger partial charge in [0.2, 0.25) is 0 Å². The van der Waals surface area contributed by atoms with Crippen LogP contribution in [0.25, 0.3) is 0 Å². The van der Waals surface area contributed by atoms with E-state index < -0.39 is 11.7 Å². The van der Waals surface area contributed by atoms with Crippen LogP contribution in [0.2, 0.25) is 0 Å². The van der Waals surface area contributed by atoms with E-state index in [0.717, 1.165) is 17.3 Å². The molecule has 0 aliphatic heterocycles. The minimum atomic E-state index is -0.495. The van der Waals surface area contributed by atoms with Gasteiger partial charge in [-0.3, -0.25) is 0 Å². The van der Waals surface area contributed by atoms with E-state index in [1.54, 1.807) is 12.1 Å². The molecule has 0 spiro atoms. The zero-order valence-corrected chi connectivity index (χ0v) is 14.0. The van der Waals surface area contributed by atoms with Crippen LogP contribution < -0.4 is 10.6 Å². The van der Waals surface area contributed by atoms with Crippen molar-refractivity contribution in [3.63, 3.8) is 0 Å². The number of hydrogen-bond donors (Lipinski definition) is 2. The molecule has 116 valence electrons. The molecule has 21 heavy (non-hydrogen) atoms. The Morgan fingerprint density at radius 3 is 2.62 bits per heavy atom. The molecule has 0 bridgehead atoms. The second-order valence-corrected chi connectivity index (χ2v) is 7.20. The number of ether oxygens (including phenoxy) is 1. The molecule has 0 unspecified atom stereocenters. The Bertz CT molecular complexity index is 525. The van der Waals surface area contributed by atoms with Crippen molar-refractivity contribution in [2.45, 2.75) is 51.3 Å². The predicted molar refractivity (Wildman–Crippen MR) is 83.9 cm³/mol. The monoisotopic (exact) mass is 358 g/mol. The first-order valence-electron chi connectivity index (χ1n) is 6.94. The molecular weight excluding hydrogens is 339 g/mol. The van der Waals surface area contributed by atoms with Gasteiger partial charge in [0.25, 0.3) is 0 Å². The number of anilines is 1. The molecule has 2 rings (SSSR count). The number of alkyl carbamates (subject to hydrolysis) is 1. The lowest BCUT2D eigenvalue weighted by molar-refractivity contribution is 0.0475. The zero-order chi connectivity index (χ0) is 15.6. The van der Waals surface area contributed by atoms with Crippen molar-refractivity contribution >= 4 is 27.7 Å². The van der Waals surface area contributed by atoms with Crippen LogP contribution in [0.5, 0.6) is 0 Å². The quantitative estimate of drug-likeness (QED) is 0.856. The predicted octanol–water partition coefficient (Wildman–Crippen LogP) is 4.06. The summed E-state index contributed by atoms with van der Waals surface area (Å²) in [5, 5.41) is 5.95. The summed E-state index contributed by atoms with van der Waals surface area (Å²) in [5.41, 5.74) is -0.0182. The molecule has 0 heterocycles. The molecule has 4 nitrogen and oxygen atoms in total. The normalized spacial score (nSPS) is 21.4. The average Bonchev–Trinajstić information content (AvgIpc) is 2.28. The molecule has 1 amide bonds. The highest BCUT2D eigenvalue weighted by molar-refractivity contribution is 9.10. The van der Waals surface area contributed by atoms with Crippen molar-refractivity contribution in [1.82, 2.24) is 5.32 Å². The Kier molecular flexibility index (Phi) is 4.76. The molecule has 0 saturated heterocycles. The fourth-order valence-electron chi connectivity index (χ4n) is 2.16. The van der Waals surface area contributed by atoms with Crippen LogP contribution in [-0.2, 0) is 4.74 Å². The fraction of sp³-hybridized carbons (Fsp3) is 0.533. The van der Waals surface area contributed by atoms with Crippen molar-refractivity contribution in [3.05, 3.63) is 28.5 Å². The van der Waals surface area contributed by atoms with Gasteiger partial charge in [0.05, 0.1) is 5.69 Å². The number of hydrogen-bond acceptors (Lipinski definition) is 3. The van der Waals surface area contributed by atoms with Crippen LogP contribution in [0.3, 0.4) is 0 Å². The van der Waals surface area contributed by atoms with Crippen molar-refractivity contribution in [2.75, 3.05) is 5.32 Å². The van der Waals surface area contributed by atoms with Crippen LogP contribution >= 0.6 is 15.9 Å². The number of halogens is 2. The second kappa shape index (κ2) is 6.22. The number of nitrogens with one attached hydrogen (secondary N) is 2. The van der Waals surface area contributed by atoms with Crippen molar-refractivity contribution in [2.24, 2.45) is 0 Å². The molecule has 0 atom stereocenters. The van der Waals surface area contributed by atoms with E-state index in [1.165, 1.54) is 6.07 Å². The van der Waals surface area contributed by atoms with E-state index in [1.807, 2.05) is 20.8 Å². The van der Waals surface area contributed by atoms with E-state index in [4.69, 9.17) is 4.74 Å². The topological polar surface area (TPSA) is 50.4 Å². The van der Waals surface area contributed by atoms with Crippen molar-refractivity contribution in [1.29, 1.82) is 0 Å². The molecule has 1 aliphatic carbocycles. The summed E-state index contributed by atoms with van der Waals surface area (Å²) in [6, 6.07) is 5.03. The summed E-state index contributed by atoms with van der Waals surface area (Å²) in [7, 11) is 0. The molecule has 6 heteroatoms. The first-order valence-corrected chi connectivity index (χ1v) is 7.73. The van der Waals surface area contributed by atoms with E-state index >= 15 is 0 Å². The average molecular weight is 359 g/mol. The van der Waals surface area contributed by atoms with E-state index in [2.05, 4.69) is 26.6 Å². The highest BCUT2D eigenvalue weighted by Gasteiger charge is 2.32. The minimum absolute atomic E-state index is 0.0764. The van der Waals surface area contributed by atoms with Crippen LogP contribution in [-0.4, -0.2) is 23.8 Å². The summed E-state index contributed by atoms with van der Waals surface area (Å²) in [5.74, 6) is -0.276. The van der Waals surface area contributed by atoms with Gasteiger partial charge in [0.15, 0.2) is 0 Å². The van der Waals surface area contributed by atoms with Crippen LogP contribution in [0.15, 0.2) is 22.7 Å². The molecular formula is C15H20BrFN2O2. The third-order valence-corrected chi connectivity index (χ3v) is 3.64. The maximum atomic E-state index is 13.6. The summed E-state index contributed by atoms with van der Waals surface area (Å²) in [4.78, 5) is 11.6. The Labute approximate surface area is 132 Å². The summed E-state index contributed by atoms with van der Waals surface area (Å²) < 4.78 is 19.6. The van der Waals surface area contributed by atoms with Gasteiger partial charge in [-0.2, -0.15) is 0 Å². The SMILES string of the molecule is CC(C)(C)OC(=O)NC1CC(Nc2cc(Br)ccc2F)C1. The van der Waals surface area contributed by atoms with Gasteiger partial charge >= 0.3 is 6.09 Å². The third-order valence-electron chi connectivity index (χ3n) is 3.15.